The van der Waals surface area contributed by atoms with Gasteiger partial charge in [-0.05, 0) is 77.3 Å². The Balaban J connectivity index is 1.71. The van der Waals surface area contributed by atoms with Crippen molar-refractivity contribution in [2.24, 2.45) is 23.7 Å². The summed E-state index contributed by atoms with van der Waals surface area (Å²) >= 11 is 0. The maximum atomic E-state index is 2.55. The summed E-state index contributed by atoms with van der Waals surface area (Å²) in [5.74, 6) is 2.40. The first-order chi connectivity index (χ1) is 22.5. The van der Waals surface area contributed by atoms with Gasteiger partial charge in [-0.3, -0.25) is 0 Å². The van der Waals surface area contributed by atoms with Gasteiger partial charge in [-0.25, -0.2) is 0 Å². The van der Waals surface area contributed by atoms with Crippen molar-refractivity contribution < 1.29 is 4.58 Å². The molecule has 1 aliphatic heterocycles. The van der Waals surface area contributed by atoms with Gasteiger partial charge in [0.25, 0.3) is 0 Å². The minimum Gasteiger partial charge on any atom is -0.371 e. The Kier molecular flexibility index (Phi) is 11.1. The third kappa shape index (κ3) is 8.07. The lowest BCUT2D eigenvalue weighted by molar-refractivity contribution is -0.400. The zero-order valence-electron chi connectivity index (χ0n) is 30.3. The van der Waals surface area contributed by atoms with Gasteiger partial charge >= 0.3 is 0 Å². The first kappa shape index (κ1) is 34.2. The molecule has 3 nitrogen and oxygen atoms in total. The van der Waals surface area contributed by atoms with E-state index in [1.54, 1.807) is 0 Å². The molecule has 0 amide bonds. The van der Waals surface area contributed by atoms with Crippen molar-refractivity contribution in [3.8, 4) is 0 Å². The van der Waals surface area contributed by atoms with E-state index in [0.717, 1.165) is 26.2 Å². The number of anilines is 2. The third-order valence-electron chi connectivity index (χ3n) is 8.79. The van der Waals surface area contributed by atoms with Crippen LogP contribution in [-0.4, -0.2) is 43.5 Å². The molecule has 0 spiro atoms. The lowest BCUT2D eigenvalue weighted by atomic mass is 9.86. The minimum atomic E-state index is 0.601. The molecule has 0 aromatic heterocycles. The molecule has 0 aliphatic carbocycles. The van der Waals surface area contributed by atoms with Crippen LogP contribution in [0.15, 0.2) is 103 Å². The van der Waals surface area contributed by atoms with Gasteiger partial charge in [-0.2, -0.15) is 4.58 Å². The molecule has 47 heavy (non-hydrogen) atoms. The molecule has 0 saturated carbocycles. The summed E-state index contributed by atoms with van der Waals surface area (Å²) in [6.07, 6.45) is 0. The SMILES string of the molecule is CC(C)CN(CC(C)C)c1ccc(C(=C2C(c3ccccc3)=[N+](C)c3ccccc32)c2ccc(N(CC(C)C)CC(C)C)cc2)cc1. The summed E-state index contributed by atoms with van der Waals surface area (Å²) in [4.78, 5) is 5.11. The molecule has 0 radical (unpaired) electrons. The summed E-state index contributed by atoms with van der Waals surface area (Å²) in [6.45, 7) is 22.7. The van der Waals surface area contributed by atoms with E-state index < -0.39 is 0 Å². The third-order valence-corrected chi connectivity index (χ3v) is 8.79. The van der Waals surface area contributed by atoms with E-state index in [-0.39, 0.29) is 0 Å². The molecule has 3 heteroatoms. The van der Waals surface area contributed by atoms with Crippen molar-refractivity contribution in [3.05, 3.63) is 125 Å². The number of nitrogens with zero attached hydrogens (tertiary/aromatic N) is 3. The quantitative estimate of drug-likeness (QED) is 0.137. The molecule has 4 aromatic carbocycles. The van der Waals surface area contributed by atoms with E-state index in [1.807, 2.05) is 0 Å². The molecule has 246 valence electrons. The van der Waals surface area contributed by atoms with Crippen LogP contribution in [0.5, 0.6) is 0 Å². The van der Waals surface area contributed by atoms with Crippen LogP contribution in [0.25, 0.3) is 11.1 Å². The van der Waals surface area contributed by atoms with Gasteiger partial charge in [0.15, 0.2) is 0 Å². The molecule has 0 bridgehead atoms. The number of hydrogen-bond donors (Lipinski definition) is 0. The van der Waals surface area contributed by atoms with Crippen molar-refractivity contribution in [2.75, 3.05) is 43.0 Å². The monoisotopic (exact) mass is 626 g/mol. The standard InChI is InChI=1S/C44H56N3/c1-31(2)27-46(28-32(3)4)38-23-19-35(20-24-38)42(36-21-25-39(26-22-36)47(29-33(5)6)30-34(7)8)43-40-17-13-14-18-41(40)45(9)44(43)37-15-11-10-12-16-37/h10-26,31-34H,27-30H2,1-9H3/q+1. The van der Waals surface area contributed by atoms with Crippen LogP contribution in [-0.2, 0) is 0 Å². The number of hydrogen-bond acceptors (Lipinski definition) is 2. The fourth-order valence-electron chi connectivity index (χ4n) is 7.05. The number of rotatable bonds is 13. The van der Waals surface area contributed by atoms with Gasteiger partial charge in [0, 0.05) is 54.8 Å². The first-order valence-corrected chi connectivity index (χ1v) is 17.7. The Morgan fingerprint density at radius 3 is 1.34 bits per heavy atom. The molecule has 1 heterocycles. The average Bonchev–Trinajstić information content (AvgIpc) is 3.32. The average molecular weight is 627 g/mol. The second-order valence-corrected chi connectivity index (χ2v) is 15.0. The molecule has 4 aromatic rings. The van der Waals surface area contributed by atoms with Gasteiger partial charge in [0.2, 0.25) is 11.4 Å². The largest absolute Gasteiger partial charge is 0.371 e. The Hall–Kier alpha value is -4.11. The zero-order valence-corrected chi connectivity index (χ0v) is 30.3. The van der Waals surface area contributed by atoms with Gasteiger partial charge in [0.1, 0.15) is 7.05 Å². The van der Waals surface area contributed by atoms with E-state index in [4.69, 9.17) is 0 Å². The van der Waals surface area contributed by atoms with Crippen molar-refractivity contribution in [1.82, 2.24) is 0 Å². The fraction of sp³-hybridized carbons (Fsp3) is 0.386. The van der Waals surface area contributed by atoms with E-state index in [9.17, 15) is 0 Å². The normalized spacial score (nSPS) is 12.9. The van der Waals surface area contributed by atoms with E-state index >= 15 is 0 Å². The molecule has 0 N–H and O–H groups in total. The molecule has 1 aliphatic rings. The highest BCUT2D eigenvalue weighted by molar-refractivity contribution is 6.38. The van der Waals surface area contributed by atoms with Crippen LogP contribution in [0.4, 0.5) is 17.1 Å². The van der Waals surface area contributed by atoms with E-state index in [2.05, 4.69) is 180 Å². The van der Waals surface area contributed by atoms with Crippen LogP contribution in [0.3, 0.4) is 0 Å². The molecule has 0 saturated heterocycles. The number of benzene rings is 4. The Morgan fingerprint density at radius 2 is 0.915 bits per heavy atom. The smallest absolute Gasteiger partial charge is 0.221 e. The number of allylic oxidation sites excluding steroid dienone is 1. The van der Waals surface area contributed by atoms with Gasteiger partial charge in [-0.15, -0.1) is 0 Å². The second-order valence-electron chi connectivity index (χ2n) is 15.0. The van der Waals surface area contributed by atoms with Gasteiger partial charge < -0.3 is 9.80 Å². The van der Waals surface area contributed by atoms with Crippen molar-refractivity contribution in [1.29, 1.82) is 0 Å². The fourth-order valence-corrected chi connectivity index (χ4v) is 7.05. The number of para-hydroxylation sites is 1. The summed E-state index contributed by atoms with van der Waals surface area (Å²) in [5.41, 5.74) is 12.6. The summed E-state index contributed by atoms with van der Waals surface area (Å²) in [5, 5.41) is 0. The van der Waals surface area contributed by atoms with E-state index in [1.165, 1.54) is 56.2 Å². The van der Waals surface area contributed by atoms with E-state index in [0.29, 0.717) is 23.7 Å². The predicted molar refractivity (Wildman–Crippen MR) is 205 cm³/mol. The maximum Gasteiger partial charge on any atom is 0.221 e. The van der Waals surface area contributed by atoms with Crippen LogP contribution >= 0.6 is 0 Å². The molecular formula is C44H56N3+. The zero-order chi connectivity index (χ0) is 33.7. The van der Waals surface area contributed by atoms with Crippen LogP contribution in [0.2, 0.25) is 0 Å². The maximum absolute atomic E-state index is 2.55. The summed E-state index contributed by atoms with van der Waals surface area (Å²) in [7, 11) is 2.21. The van der Waals surface area contributed by atoms with Crippen molar-refractivity contribution in [2.45, 2.75) is 55.4 Å². The minimum absolute atomic E-state index is 0.601. The first-order valence-electron chi connectivity index (χ1n) is 17.7. The second kappa shape index (κ2) is 15.2. The Labute approximate surface area is 285 Å². The highest BCUT2D eigenvalue weighted by Crippen LogP contribution is 2.43. The summed E-state index contributed by atoms with van der Waals surface area (Å²) in [6, 6.07) is 38.5. The lowest BCUT2D eigenvalue weighted by Gasteiger charge is -2.29. The number of fused-ring (bicyclic) bond motifs is 1. The van der Waals surface area contributed by atoms with Crippen molar-refractivity contribution in [3.63, 3.8) is 0 Å². The lowest BCUT2D eigenvalue weighted by Crippen LogP contribution is -2.31. The highest BCUT2D eigenvalue weighted by Gasteiger charge is 2.36. The topological polar surface area (TPSA) is 9.49 Å². The predicted octanol–water partition coefficient (Wildman–Crippen LogP) is 10.7. The van der Waals surface area contributed by atoms with Crippen molar-refractivity contribution >= 4 is 33.9 Å². The van der Waals surface area contributed by atoms with Crippen LogP contribution in [0, 0.1) is 23.7 Å². The molecule has 0 unspecified atom stereocenters. The van der Waals surface area contributed by atoms with Gasteiger partial charge in [0.05, 0.1) is 11.1 Å². The summed E-state index contributed by atoms with van der Waals surface area (Å²) < 4.78 is 2.38. The van der Waals surface area contributed by atoms with Crippen LogP contribution < -0.4 is 9.80 Å². The Bertz CT molecular complexity index is 1580. The molecule has 0 fully saturated rings. The molecular weight excluding hydrogens is 571 g/mol. The molecule has 0 atom stereocenters. The van der Waals surface area contributed by atoms with Crippen LogP contribution in [0.1, 0.15) is 77.6 Å². The van der Waals surface area contributed by atoms with Gasteiger partial charge in [-0.1, -0.05) is 110 Å². The highest BCUT2D eigenvalue weighted by atomic mass is 15.1. The Morgan fingerprint density at radius 1 is 0.511 bits per heavy atom. The molecule has 5 rings (SSSR count).